The summed E-state index contributed by atoms with van der Waals surface area (Å²) in [6, 6.07) is 13.1. The van der Waals surface area contributed by atoms with Gasteiger partial charge in [0.05, 0.1) is 24.3 Å². The number of amides is 1. The van der Waals surface area contributed by atoms with Crippen molar-refractivity contribution in [3.05, 3.63) is 48.0 Å². The van der Waals surface area contributed by atoms with Gasteiger partial charge in [-0.1, -0.05) is 11.2 Å². The van der Waals surface area contributed by atoms with E-state index in [2.05, 4.69) is 10.5 Å². The molecule has 0 saturated heterocycles. The van der Waals surface area contributed by atoms with E-state index in [-0.39, 0.29) is 0 Å². The summed E-state index contributed by atoms with van der Waals surface area (Å²) in [5.41, 5.74) is 0.942. The van der Waals surface area contributed by atoms with E-state index in [9.17, 15) is 4.79 Å². The van der Waals surface area contributed by atoms with E-state index in [1.165, 1.54) is 12.0 Å². The summed E-state index contributed by atoms with van der Waals surface area (Å²) < 4.78 is 21.5. The minimum absolute atomic E-state index is 0.442. The van der Waals surface area contributed by atoms with Crippen LogP contribution in [0.3, 0.4) is 0 Å². The zero-order valence-corrected chi connectivity index (χ0v) is 17.5. The maximum Gasteiger partial charge on any atom is 0.412 e. The van der Waals surface area contributed by atoms with Crippen LogP contribution in [0, 0.1) is 0 Å². The number of hydrogen-bond donors (Lipinski definition) is 1. The third-order valence-corrected chi connectivity index (χ3v) is 4.87. The molecule has 0 radical (unpaired) electrons. The topological polar surface area (TPSA) is 78.4 Å². The Morgan fingerprint density at radius 3 is 2.90 bits per heavy atom. The molecule has 29 heavy (non-hydrogen) atoms. The molecule has 0 fully saturated rings. The fourth-order valence-electron chi connectivity index (χ4n) is 2.81. The number of anilines is 1. The van der Waals surface area contributed by atoms with E-state index in [4.69, 9.17) is 18.5 Å². The summed E-state index contributed by atoms with van der Waals surface area (Å²) in [5.74, 6) is 1.51. The van der Waals surface area contributed by atoms with Gasteiger partial charge in [-0.25, -0.2) is 4.79 Å². The number of carbonyl (C=O) groups is 1. The second kappa shape index (κ2) is 9.56. The molecule has 1 aliphatic heterocycles. The van der Waals surface area contributed by atoms with Crippen molar-refractivity contribution in [3.8, 4) is 11.5 Å². The highest BCUT2D eigenvalue weighted by Crippen LogP contribution is 2.37. The molecule has 0 bridgehead atoms. The van der Waals surface area contributed by atoms with E-state index < -0.39 is 11.7 Å². The van der Waals surface area contributed by atoms with Gasteiger partial charge < -0.3 is 18.5 Å². The quantitative estimate of drug-likeness (QED) is 0.257. The first-order chi connectivity index (χ1) is 14.0. The summed E-state index contributed by atoms with van der Waals surface area (Å²) in [6.07, 6.45) is 2.80. The Hall–Kier alpha value is -2.87. The molecule has 0 unspecified atom stereocenters. The van der Waals surface area contributed by atoms with Gasteiger partial charge in [0.2, 0.25) is 0 Å². The molecule has 1 heterocycles. The van der Waals surface area contributed by atoms with Crippen molar-refractivity contribution in [1.29, 1.82) is 0 Å². The summed E-state index contributed by atoms with van der Waals surface area (Å²) in [4.78, 5) is 12.5. The number of carbonyl (C=O) groups excluding carboxylic acids is 1. The van der Waals surface area contributed by atoms with Gasteiger partial charge in [-0.15, -0.1) is 0 Å². The number of oxime groups is 1. The number of cyclic esters (lactones) is 1. The molecule has 154 valence electrons. The highest BCUT2D eigenvalue weighted by atomic mass is 32.2. The van der Waals surface area contributed by atoms with Crippen LogP contribution in [0.15, 0.2) is 52.5 Å². The Labute approximate surface area is 174 Å². The fourth-order valence-corrected chi connectivity index (χ4v) is 3.30. The molecule has 0 aliphatic carbocycles. The van der Waals surface area contributed by atoms with Gasteiger partial charge in [-0.3, -0.25) is 5.32 Å². The summed E-state index contributed by atoms with van der Waals surface area (Å²) >= 11 is 1.17. The monoisotopic (exact) mass is 416 g/mol. The second-order valence-electron chi connectivity index (χ2n) is 6.85. The van der Waals surface area contributed by atoms with Crippen LogP contribution < -0.4 is 14.8 Å². The van der Waals surface area contributed by atoms with Crippen molar-refractivity contribution in [2.24, 2.45) is 5.16 Å². The molecular formula is C21H24N2O5S. The van der Waals surface area contributed by atoms with Crippen LogP contribution in [0.4, 0.5) is 10.5 Å². The predicted molar refractivity (Wildman–Crippen MR) is 113 cm³/mol. The Bertz CT molecular complexity index is 885. The molecule has 0 spiro atoms. The van der Waals surface area contributed by atoms with Gasteiger partial charge in [0.1, 0.15) is 29.1 Å². The Morgan fingerprint density at radius 2 is 2.07 bits per heavy atom. The SMILES string of the molecule is COc1cccc(SON=CCCCOc2ccc3c(c2)C(C)(C)OC(=O)N3)c1. The molecule has 0 aromatic heterocycles. The first kappa shape index (κ1) is 20.9. The zero-order chi connectivity index (χ0) is 20.7. The molecular weight excluding hydrogens is 392 g/mol. The minimum Gasteiger partial charge on any atom is -0.497 e. The zero-order valence-electron chi connectivity index (χ0n) is 16.6. The van der Waals surface area contributed by atoms with E-state index in [0.29, 0.717) is 6.61 Å². The molecule has 7 nitrogen and oxygen atoms in total. The number of rotatable bonds is 9. The maximum absolute atomic E-state index is 11.6. The van der Waals surface area contributed by atoms with Crippen molar-refractivity contribution in [2.75, 3.05) is 19.0 Å². The number of ether oxygens (including phenoxy) is 3. The molecule has 3 rings (SSSR count). The fraction of sp³-hybridized carbons (Fsp3) is 0.333. The molecule has 1 N–H and O–H groups in total. The predicted octanol–water partition coefficient (Wildman–Crippen LogP) is 5.36. The van der Waals surface area contributed by atoms with E-state index in [0.717, 1.165) is 40.5 Å². The maximum atomic E-state index is 11.6. The second-order valence-corrected chi connectivity index (χ2v) is 7.63. The van der Waals surface area contributed by atoms with E-state index in [1.807, 2.05) is 56.3 Å². The van der Waals surface area contributed by atoms with Crippen LogP contribution in [0.1, 0.15) is 32.3 Å². The lowest BCUT2D eigenvalue weighted by atomic mass is 9.94. The molecule has 1 amide bonds. The molecule has 2 aromatic carbocycles. The van der Waals surface area contributed by atoms with Crippen LogP contribution in [0.25, 0.3) is 0 Å². The highest BCUT2D eigenvalue weighted by molar-refractivity contribution is 7.94. The van der Waals surface area contributed by atoms with Crippen LogP contribution in [0.5, 0.6) is 11.5 Å². The van der Waals surface area contributed by atoms with Crippen molar-refractivity contribution in [2.45, 2.75) is 37.2 Å². The third kappa shape index (κ3) is 5.80. The molecule has 1 aliphatic rings. The largest absolute Gasteiger partial charge is 0.497 e. The van der Waals surface area contributed by atoms with Gasteiger partial charge in [0.25, 0.3) is 0 Å². The lowest BCUT2D eigenvalue weighted by Gasteiger charge is -2.32. The number of benzene rings is 2. The van der Waals surface area contributed by atoms with Crippen molar-refractivity contribution in [3.63, 3.8) is 0 Å². The van der Waals surface area contributed by atoms with E-state index in [1.54, 1.807) is 13.3 Å². The highest BCUT2D eigenvalue weighted by Gasteiger charge is 2.33. The van der Waals surface area contributed by atoms with Gasteiger partial charge in [-0.2, -0.15) is 0 Å². The average molecular weight is 416 g/mol. The normalized spacial score (nSPS) is 14.7. The third-order valence-electron chi connectivity index (χ3n) is 4.26. The standard InChI is InChI=1S/C21H24N2O5S/c1-21(2)18-14-16(9-10-19(18)23-20(24)27-21)26-12-5-4-11-22-28-29-17-8-6-7-15(13-17)25-3/h6-11,13-14H,4-5,12H2,1-3H3,(H,23,24). The number of nitrogens with zero attached hydrogens (tertiary/aromatic N) is 1. The van der Waals surface area contributed by atoms with Gasteiger partial charge in [0, 0.05) is 11.8 Å². The smallest absolute Gasteiger partial charge is 0.412 e. The van der Waals surface area contributed by atoms with Crippen molar-refractivity contribution >= 4 is 30.0 Å². The minimum atomic E-state index is -0.693. The number of hydrogen-bond acceptors (Lipinski definition) is 7. The number of unbranched alkanes of at least 4 members (excludes halogenated alkanes) is 1. The first-order valence-electron chi connectivity index (χ1n) is 9.25. The summed E-state index contributed by atoms with van der Waals surface area (Å²) in [5, 5.41) is 6.64. The van der Waals surface area contributed by atoms with E-state index >= 15 is 0 Å². The van der Waals surface area contributed by atoms with Crippen LogP contribution in [-0.2, 0) is 14.6 Å². The Morgan fingerprint density at radius 1 is 1.21 bits per heavy atom. The summed E-state index contributed by atoms with van der Waals surface area (Å²) in [7, 11) is 1.63. The van der Waals surface area contributed by atoms with Crippen molar-refractivity contribution in [1.82, 2.24) is 0 Å². The number of fused-ring (bicyclic) bond motifs is 1. The van der Waals surface area contributed by atoms with Gasteiger partial charge >= 0.3 is 6.09 Å². The van der Waals surface area contributed by atoms with Crippen LogP contribution in [0.2, 0.25) is 0 Å². The lowest BCUT2D eigenvalue weighted by Crippen LogP contribution is -2.34. The molecule has 8 heteroatoms. The lowest BCUT2D eigenvalue weighted by molar-refractivity contribution is 0.0418. The summed E-state index contributed by atoms with van der Waals surface area (Å²) in [6.45, 7) is 4.25. The molecule has 0 saturated carbocycles. The Kier molecular flexibility index (Phi) is 6.87. The molecule has 2 aromatic rings. The number of methoxy groups -OCH3 is 1. The first-order valence-corrected chi connectivity index (χ1v) is 9.99. The van der Waals surface area contributed by atoms with Crippen LogP contribution >= 0.6 is 12.0 Å². The average Bonchev–Trinajstić information content (AvgIpc) is 2.70. The Balaban J connectivity index is 1.38. The van der Waals surface area contributed by atoms with Gasteiger partial charge in [0.15, 0.2) is 0 Å². The van der Waals surface area contributed by atoms with Crippen LogP contribution in [-0.4, -0.2) is 26.0 Å². The van der Waals surface area contributed by atoms with Gasteiger partial charge in [-0.05, 0) is 63.1 Å². The number of nitrogens with one attached hydrogen (secondary N) is 1. The van der Waals surface area contributed by atoms with Crippen molar-refractivity contribution < 1.29 is 23.3 Å². The molecule has 0 atom stereocenters.